The molecule has 184 valence electrons. The molecule has 0 N–H and O–H groups in total. The highest BCUT2D eigenvalue weighted by Crippen LogP contribution is 2.45. The molecule has 8 nitrogen and oxygen atoms in total. The first-order valence-corrected chi connectivity index (χ1v) is 11.5. The average molecular weight is 483 g/mol. The number of ether oxygens (including phenoxy) is 8. The first kappa shape index (κ1) is 27.1. The zero-order valence-corrected chi connectivity index (χ0v) is 20.9. The van der Waals surface area contributed by atoms with E-state index in [9.17, 15) is 0 Å². The van der Waals surface area contributed by atoms with Crippen LogP contribution < -0.4 is 18.9 Å². The molecule has 0 aliphatic carbocycles. The molecule has 0 spiro atoms. The first-order valence-electron chi connectivity index (χ1n) is 10.7. The van der Waals surface area contributed by atoms with E-state index in [1.165, 1.54) is 14.2 Å². The smallest absolute Gasteiger partial charge is 0.390 e. The molecule has 0 fully saturated rings. The van der Waals surface area contributed by atoms with E-state index in [1.54, 1.807) is 38.5 Å². The fourth-order valence-electron chi connectivity index (χ4n) is 2.73. The summed E-state index contributed by atoms with van der Waals surface area (Å²) in [5.74, 6) is 1.87. The Bertz CT molecular complexity index is 768. The van der Waals surface area contributed by atoms with Gasteiger partial charge < -0.3 is 37.9 Å². The number of methoxy groups -OCH3 is 4. The summed E-state index contributed by atoms with van der Waals surface area (Å²) >= 11 is 0.948. The van der Waals surface area contributed by atoms with Gasteiger partial charge in [0.1, 0.15) is 0 Å². The lowest BCUT2D eigenvalue weighted by Crippen LogP contribution is -2.48. The van der Waals surface area contributed by atoms with Crippen molar-refractivity contribution in [1.29, 1.82) is 0 Å². The van der Waals surface area contributed by atoms with E-state index < -0.39 is 10.6 Å². The quantitative estimate of drug-likeness (QED) is 0.298. The maximum atomic E-state index is 6.23. The van der Waals surface area contributed by atoms with Crippen LogP contribution in [0.5, 0.6) is 23.0 Å². The molecule has 0 aliphatic heterocycles. The molecule has 2 rings (SSSR count). The van der Waals surface area contributed by atoms with Crippen LogP contribution in [0.2, 0.25) is 0 Å². The minimum absolute atomic E-state index is 0.345. The third-order valence-corrected chi connectivity index (χ3v) is 5.56. The van der Waals surface area contributed by atoms with E-state index in [1.807, 2.05) is 38.1 Å². The maximum Gasteiger partial charge on any atom is 0.390 e. The summed E-state index contributed by atoms with van der Waals surface area (Å²) in [6.07, 6.45) is 1.45. The normalized spacial score (nSPS) is 14.7. The second kappa shape index (κ2) is 13.5. The summed E-state index contributed by atoms with van der Waals surface area (Å²) in [5, 5.41) is -3.37. The van der Waals surface area contributed by atoms with E-state index in [0.717, 1.165) is 24.6 Å². The van der Waals surface area contributed by atoms with Crippen molar-refractivity contribution in [3.63, 3.8) is 0 Å². The van der Waals surface area contributed by atoms with Gasteiger partial charge in [-0.25, -0.2) is 0 Å². The van der Waals surface area contributed by atoms with Crippen LogP contribution in [0.4, 0.5) is 0 Å². The van der Waals surface area contributed by atoms with Gasteiger partial charge in [0.05, 0.1) is 39.2 Å². The predicted molar refractivity (Wildman–Crippen MR) is 127 cm³/mol. The monoisotopic (exact) mass is 482 g/mol. The van der Waals surface area contributed by atoms with Gasteiger partial charge in [-0.3, -0.25) is 0 Å². The Labute approximate surface area is 200 Å². The third kappa shape index (κ3) is 7.41. The topological polar surface area (TPSA) is 73.8 Å². The second-order valence-corrected chi connectivity index (χ2v) is 7.92. The van der Waals surface area contributed by atoms with Gasteiger partial charge in [0.2, 0.25) is 0 Å². The Morgan fingerprint density at radius 1 is 0.606 bits per heavy atom. The van der Waals surface area contributed by atoms with Crippen LogP contribution in [0.3, 0.4) is 0 Å². The van der Waals surface area contributed by atoms with Crippen molar-refractivity contribution in [2.24, 2.45) is 0 Å². The molecule has 2 unspecified atom stereocenters. The molecule has 2 aromatic carbocycles. The van der Waals surface area contributed by atoms with Gasteiger partial charge >= 0.3 is 10.6 Å². The molecular weight excluding hydrogens is 448 g/mol. The van der Waals surface area contributed by atoms with Gasteiger partial charge in [-0.2, -0.15) is 0 Å². The van der Waals surface area contributed by atoms with E-state index in [2.05, 4.69) is 0 Å². The highest BCUT2D eigenvalue weighted by molar-refractivity contribution is 8.01. The molecule has 0 radical (unpaired) electrons. The highest BCUT2D eigenvalue weighted by Gasteiger charge is 2.51. The van der Waals surface area contributed by atoms with Crippen molar-refractivity contribution in [2.45, 2.75) is 37.3 Å². The minimum Gasteiger partial charge on any atom is -0.493 e. The standard InChI is InChI=1S/C24H34O8S/c1-7-17-29-23(27-5,31-21-15-11-9-13-19(21)25-3)33-24(28-6,30-18-8-2)32-22-16-12-10-14-20(22)26-4/h9-16H,7-8,17-18H2,1-6H3. The zero-order chi connectivity index (χ0) is 24.2. The number of hydrogen-bond donors (Lipinski definition) is 0. The van der Waals surface area contributed by atoms with E-state index in [0.29, 0.717) is 36.2 Å². The molecule has 0 aromatic heterocycles. The van der Waals surface area contributed by atoms with E-state index >= 15 is 0 Å². The van der Waals surface area contributed by atoms with Crippen molar-refractivity contribution in [2.75, 3.05) is 41.7 Å². The third-order valence-electron chi connectivity index (χ3n) is 4.32. The van der Waals surface area contributed by atoms with Crippen molar-refractivity contribution < 1.29 is 37.9 Å². The Balaban J connectivity index is 2.48. The molecule has 0 bridgehead atoms. The second-order valence-electron chi connectivity index (χ2n) is 6.71. The summed E-state index contributed by atoms with van der Waals surface area (Å²) in [5.41, 5.74) is 0. The number of rotatable bonds is 16. The first-order chi connectivity index (χ1) is 16.0. The Morgan fingerprint density at radius 2 is 0.970 bits per heavy atom. The van der Waals surface area contributed by atoms with Crippen molar-refractivity contribution in [1.82, 2.24) is 0 Å². The molecule has 2 atom stereocenters. The SMILES string of the molecule is CCCOC(OC)(Oc1ccccc1OC)SC(OC)(OCCC)Oc1ccccc1OC. The average Bonchev–Trinajstić information content (AvgIpc) is 2.86. The Hall–Kier alpha value is -2.17. The van der Waals surface area contributed by atoms with Crippen LogP contribution in [0.25, 0.3) is 0 Å². The van der Waals surface area contributed by atoms with Crippen LogP contribution in [-0.2, 0) is 18.9 Å². The van der Waals surface area contributed by atoms with Crippen molar-refractivity contribution in [3.8, 4) is 23.0 Å². The number of benzene rings is 2. The van der Waals surface area contributed by atoms with Gasteiger partial charge in [-0.15, -0.1) is 0 Å². The zero-order valence-electron chi connectivity index (χ0n) is 20.1. The van der Waals surface area contributed by atoms with Gasteiger partial charge in [0.15, 0.2) is 23.0 Å². The summed E-state index contributed by atoms with van der Waals surface area (Å²) in [7, 11) is 6.07. The fourth-order valence-corrected chi connectivity index (χ4v) is 3.75. The lowest BCUT2D eigenvalue weighted by molar-refractivity contribution is -0.294. The molecule has 0 heterocycles. The molecular formula is C24H34O8S. The fraction of sp³-hybridized carbons (Fsp3) is 0.500. The maximum absolute atomic E-state index is 6.23. The molecule has 0 amide bonds. The van der Waals surface area contributed by atoms with Crippen molar-refractivity contribution >= 4 is 11.8 Å². The number of para-hydroxylation sites is 4. The van der Waals surface area contributed by atoms with Gasteiger partial charge in [-0.05, 0) is 37.1 Å². The molecule has 2 aromatic rings. The van der Waals surface area contributed by atoms with Crippen LogP contribution in [-0.4, -0.2) is 52.3 Å². The van der Waals surface area contributed by atoms with Crippen LogP contribution in [0, 0.1) is 0 Å². The molecule has 0 saturated heterocycles. The van der Waals surface area contributed by atoms with Gasteiger partial charge in [0, 0.05) is 14.2 Å². The predicted octanol–water partition coefficient (Wildman–Crippen LogP) is 5.26. The van der Waals surface area contributed by atoms with Crippen molar-refractivity contribution in [3.05, 3.63) is 48.5 Å². The lowest BCUT2D eigenvalue weighted by Gasteiger charge is -2.38. The largest absolute Gasteiger partial charge is 0.493 e. The molecule has 0 aliphatic rings. The van der Waals surface area contributed by atoms with Crippen LogP contribution >= 0.6 is 11.8 Å². The van der Waals surface area contributed by atoms with Crippen LogP contribution in [0.1, 0.15) is 26.7 Å². The summed E-state index contributed by atoms with van der Waals surface area (Å²) in [6, 6.07) is 14.4. The number of thioether (sulfide) groups is 1. The summed E-state index contributed by atoms with van der Waals surface area (Å²) in [6.45, 7) is 4.66. The lowest BCUT2D eigenvalue weighted by atomic mass is 10.3. The Kier molecular flexibility index (Phi) is 11.1. The molecule has 33 heavy (non-hydrogen) atoms. The Morgan fingerprint density at radius 3 is 1.27 bits per heavy atom. The van der Waals surface area contributed by atoms with Gasteiger partial charge in [-0.1, -0.05) is 38.1 Å². The minimum atomic E-state index is -1.68. The highest BCUT2D eigenvalue weighted by atomic mass is 32.2. The van der Waals surface area contributed by atoms with E-state index in [4.69, 9.17) is 37.9 Å². The van der Waals surface area contributed by atoms with Crippen LogP contribution in [0.15, 0.2) is 48.5 Å². The summed E-state index contributed by atoms with van der Waals surface area (Å²) < 4.78 is 47.0. The number of hydrogen-bond acceptors (Lipinski definition) is 9. The van der Waals surface area contributed by atoms with Gasteiger partial charge in [0.25, 0.3) is 0 Å². The summed E-state index contributed by atoms with van der Waals surface area (Å²) in [4.78, 5) is 0. The van der Waals surface area contributed by atoms with E-state index in [-0.39, 0.29) is 0 Å². The molecule has 9 heteroatoms. The molecule has 0 saturated carbocycles.